The van der Waals surface area contributed by atoms with Gasteiger partial charge in [0.05, 0.1) is 0 Å². The van der Waals surface area contributed by atoms with Crippen LogP contribution in [0, 0.1) is 0 Å². The minimum Gasteiger partial charge on any atom is -0.398 e. The van der Waals surface area contributed by atoms with Crippen LogP contribution in [0.15, 0.2) is 30.3 Å². The summed E-state index contributed by atoms with van der Waals surface area (Å²) in [4.78, 5) is 0. The predicted molar refractivity (Wildman–Crippen MR) is 70.3 cm³/mol. The van der Waals surface area contributed by atoms with Gasteiger partial charge in [-0.15, -0.1) is 11.6 Å². The highest BCUT2D eigenvalue weighted by atomic mass is 35.5. The van der Waals surface area contributed by atoms with Crippen LogP contribution in [-0.2, 0) is 0 Å². The summed E-state index contributed by atoms with van der Waals surface area (Å²) < 4.78 is 0. The lowest BCUT2D eigenvalue weighted by Gasteiger charge is -2.11. The predicted octanol–water partition coefficient (Wildman–Crippen LogP) is 3.17. The lowest BCUT2D eigenvalue weighted by Crippen LogP contribution is -2.02. The van der Waals surface area contributed by atoms with Crippen LogP contribution in [0.2, 0.25) is 0 Å². The first-order valence-electron chi connectivity index (χ1n) is 5.42. The number of nitrogens with two attached hydrogens (primary N) is 1. The molecule has 82 valence electrons. The Kier molecular flexibility index (Phi) is 2.18. The highest BCUT2D eigenvalue weighted by molar-refractivity contribution is 6.18. The van der Waals surface area contributed by atoms with Gasteiger partial charge in [0.15, 0.2) is 0 Å². The van der Waals surface area contributed by atoms with Gasteiger partial charge in [-0.3, -0.25) is 0 Å². The number of alkyl halides is 1. The average Bonchev–Trinajstić information content (AvgIpc) is 2.72. The standard InChI is InChI=1S/C13H13ClN2/c14-6-8-7-16-12-5-11(15)9-3-1-2-4-10(9)13(8)12/h1-5,8,16H,6-7,15H2/t8-/m1/s1. The Labute approximate surface area is 99.4 Å². The largest absolute Gasteiger partial charge is 0.398 e. The van der Waals surface area contributed by atoms with Crippen molar-refractivity contribution < 1.29 is 0 Å². The summed E-state index contributed by atoms with van der Waals surface area (Å²) in [5.74, 6) is 1.04. The van der Waals surface area contributed by atoms with Crippen LogP contribution in [0.3, 0.4) is 0 Å². The van der Waals surface area contributed by atoms with Crippen LogP contribution in [-0.4, -0.2) is 12.4 Å². The maximum absolute atomic E-state index is 6.04. The Balaban J connectivity index is 2.37. The Morgan fingerprint density at radius 3 is 2.81 bits per heavy atom. The van der Waals surface area contributed by atoms with Crippen molar-refractivity contribution in [3.8, 4) is 0 Å². The average molecular weight is 233 g/mol. The first-order chi connectivity index (χ1) is 7.81. The molecule has 3 rings (SSSR count). The molecule has 1 heterocycles. The number of hydrogen-bond donors (Lipinski definition) is 2. The fourth-order valence-corrected chi connectivity index (χ4v) is 2.74. The maximum Gasteiger partial charge on any atom is 0.0414 e. The highest BCUT2D eigenvalue weighted by Gasteiger charge is 2.24. The molecule has 0 saturated carbocycles. The lowest BCUT2D eigenvalue weighted by molar-refractivity contribution is 0.869. The zero-order chi connectivity index (χ0) is 11.1. The fraction of sp³-hybridized carbons (Fsp3) is 0.231. The third-order valence-electron chi connectivity index (χ3n) is 3.25. The number of halogens is 1. The monoisotopic (exact) mass is 232 g/mol. The summed E-state index contributed by atoms with van der Waals surface area (Å²) in [5, 5.41) is 5.72. The van der Waals surface area contributed by atoms with Crippen molar-refractivity contribution in [3.63, 3.8) is 0 Å². The van der Waals surface area contributed by atoms with Gasteiger partial charge < -0.3 is 11.1 Å². The number of nitrogens with one attached hydrogen (secondary N) is 1. The first kappa shape index (κ1) is 9.79. The van der Waals surface area contributed by atoms with Crippen LogP contribution < -0.4 is 11.1 Å². The smallest absolute Gasteiger partial charge is 0.0414 e. The van der Waals surface area contributed by atoms with Crippen LogP contribution >= 0.6 is 11.6 Å². The van der Waals surface area contributed by atoms with E-state index in [1.807, 2.05) is 18.2 Å². The second-order valence-corrected chi connectivity index (χ2v) is 4.51. The summed E-state index contributed by atoms with van der Waals surface area (Å²) in [6.45, 7) is 0.909. The summed E-state index contributed by atoms with van der Waals surface area (Å²) in [7, 11) is 0. The van der Waals surface area contributed by atoms with Crippen LogP contribution in [0.1, 0.15) is 11.5 Å². The van der Waals surface area contributed by atoms with E-state index in [2.05, 4.69) is 17.4 Å². The Morgan fingerprint density at radius 2 is 2.06 bits per heavy atom. The van der Waals surface area contributed by atoms with Crippen molar-refractivity contribution in [1.82, 2.24) is 0 Å². The zero-order valence-corrected chi connectivity index (χ0v) is 9.59. The van der Waals surface area contributed by atoms with E-state index < -0.39 is 0 Å². The third kappa shape index (κ3) is 1.26. The molecule has 0 fully saturated rings. The van der Waals surface area contributed by atoms with E-state index in [1.54, 1.807) is 0 Å². The molecule has 0 unspecified atom stereocenters. The van der Waals surface area contributed by atoms with Crippen LogP contribution in [0.25, 0.3) is 10.8 Å². The molecule has 16 heavy (non-hydrogen) atoms. The van der Waals surface area contributed by atoms with E-state index in [1.165, 1.54) is 10.9 Å². The van der Waals surface area contributed by atoms with Gasteiger partial charge in [-0.1, -0.05) is 24.3 Å². The second kappa shape index (κ2) is 3.56. The minimum absolute atomic E-state index is 0.391. The number of hydrogen-bond acceptors (Lipinski definition) is 2. The Hall–Kier alpha value is -1.41. The van der Waals surface area contributed by atoms with Crippen molar-refractivity contribution in [1.29, 1.82) is 0 Å². The van der Waals surface area contributed by atoms with E-state index in [-0.39, 0.29) is 0 Å². The molecule has 0 spiro atoms. The summed E-state index contributed by atoms with van der Waals surface area (Å²) >= 11 is 6.00. The van der Waals surface area contributed by atoms with Crippen molar-refractivity contribution in [2.75, 3.05) is 23.5 Å². The first-order valence-corrected chi connectivity index (χ1v) is 5.95. The molecule has 3 heteroatoms. The molecular formula is C13H13ClN2. The summed E-state index contributed by atoms with van der Waals surface area (Å²) in [6.07, 6.45) is 0. The Morgan fingerprint density at radius 1 is 1.31 bits per heavy atom. The molecule has 2 aromatic carbocycles. The van der Waals surface area contributed by atoms with Gasteiger partial charge in [-0.25, -0.2) is 0 Å². The molecular weight excluding hydrogens is 220 g/mol. The van der Waals surface area contributed by atoms with E-state index in [9.17, 15) is 0 Å². The molecule has 2 aromatic rings. The maximum atomic E-state index is 6.04. The van der Waals surface area contributed by atoms with Gasteiger partial charge in [-0.05, 0) is 17.0 Å². The van der Waals surface area contributed by atoms with Crippen molar-refractivity contribution in [2.45, 2.75) is 5.92 Å². The topological polar surface area (TPSA) is 38.0 Å². The highest BCUT2D eigenvalue weighted by Crippen LogP contribution is 2.40. The van der Waals surface area contributed by atoms with E-state index in [4.69, 9.17) is 17.3 Å². The number of benzene rings is 2. The van der Waals surface area contributed by atoms with Crippen molar-refractivity contribution in [2.24, 2.45) is 0 Å². The molecule has 2 nitrogen and oxygen atoms in total. The van der Waals surface area contributed by atoms with Gasteiger partial charge >= 0.3 is 0 Å². The Bertz CT molecular complexity index is 551. The molecule has 3 N–H and O–H groups in total. The molecule has 0 aromatic heterocycles. The molecule has 1 atom stereocenters. The molecule has 0 amide bonds. The number of rotatable bonds is 1. The molecule has 0 radical (unpaired) electrons. The van der Waals surface area contributed by atoms with Crippen molar-refractivity contribution in [3.05, 3.63) is 35.9 Å². The quantitative estimate of drug-likeness (QED) is 0.586. The second-order valence-electron chi connectivity index (χ2n) is 4.20. The van der Waals surface area contributed by atoms with E-state index >= 15 is 0 Å². The summed E-state index contributed by atoms with van der Waals surface area (Å²) in [5.41, 5.74) is 9.33. The van der Waals surface area contributed by atoms with E-state index in [0.717, 1.165) is 23.3 Å². The summed E-state index contributed by atoms with van der Waals surface area (Å²) in [6, 6.07) is 10.3. The molecule has 1 aliphatic heterocycles. The molecule has 1 aliphatic rings. The van der Waals surface area contributed by atoms with Gasteiger partial charge in [0.1, 0.15) is 0 Å². The lowest BCUT2D eigenvalue weighted by atomic mass is 9.95. The van der Waals surface area contributed by atoms with Crippen LogP contribution in [0.4, 0.5) is 11.4 Å². The van der Waals surface area contributed by atoms with Gasteiger partial charge in [0, 0.05) is 35.1 Å². The zero-order valence-electron chi connectivity index (χ0n) is 8.83. The van der Waals surface area contributed by atoms with Gasteiger partial charge in [0.25, 0.3) is 0 Å². The van der Waals surface area contributed by atoms with Gasteiger partial charge in [-0.2, -0.15) is 0 Å². The number of nitrogen functional groups attached to an aromatic ring is 1. The van der Waals surface area contributed by atoms with E-state index in [0.29, 0.717) is 11.8 Å². The minimum atomic E-state index is 0.391. The molecule has 0 saturated heterocycles. The van der Waals surface area contributed by atoms with Gasteiger partial charge in [0.2, 0.25) is 0 Å². The van der Waals surface area contributed by atoms with Crippen LogP contribution in [0.5, 0.6) is 0 Å². The normalized spacial score (nSPS) is 18.4. The third-order valence-corrected chi connectivity index (χ3v) is 3.62. The number of fused-ring (bicyclic) bond motifs is 3. The molecule has 0 aliphatic carbocycles. The number of anilines is 2. The van der Waals surface area contributed by atoms with Crippen molar-refractivity contribution >= 4 is 33.7 Å². The molecule has 0 bridgehead atoms. The fourth-order valence-electron chi connectivity index (χ4n) is 2.48. The SMILES string of the molecule is Nc1cc2c(c3ccccc13)[C@H](CCl)CN2.